The number of furan rings is 1. The van der Waals surface area contributed by atoms with Crippen LogP contribution in [0.2, 0.25) is 0 Å². The Hall–Kier alpha value is -3.07. The average molecular weight is 314 g/mol. The van der Waals surface area contributed by atoms with Gasteiger partial charge in [0, 0.05) is 30.1 Å². The highest BCUT2D eigenvalue weighted by molar-refractivity contribution is 5.83. The Morgan fingerprint density at radius 1 is 0.875 bits per heavy atom. The molecule has 2 heterocycles. The summed E-state index contributed by atoms with van der Waals surface area (Å²) in [5, 5.41) is 6.02. The number of nitrogens with zero attached hydrogens (tertiary/aromatic N) is 1. The first-order valence-electron chi connectivity index (χ1n) is 8.08. The lowest BCUT2D eigenvalue weighted by atomic mass is 10.1. The Bertz CT molecular complexity index is 945. The van der Waals surface area contributed by atoms with Crippen LogP contribution >= 0.6 is 0 Å². The first kappa shape index (κ1) is 14.5. The van der Waals surface area contributed by atoms with Gasteiger partial charge in [0.2, 0.25) is 0 Å². The highest BCUT2D eigenvalue weighted by Crippen LogP contribution is 2.22. The number of hydrogen-bond acceptors (Lipinski definition) is 3. The molecule has 2 aromatic heterocycles. The molecular formula is C21H18N2O. The van der Waals surface area contributed by atoms with Gasteiger partial charge in [-0.3, -0.25) is 4.98 Å². The van der Waals surface area contributed by atoms with Crippen molar-refractivity contribution < 1.29 is 4.42 Å². The van der Waals surface area contributed by atoms with Crippen LogP contribution in [0.5, 0.6) is 0 Å². The van der Waals surface area contributed by atoms with Gasteiger partial charge in [0.25, 0.3) is 0 Å². The van der Waals surface area contributed by atoms with Crippen LogP contribution in [0.1, 0.15) is 5.56 Å². The van der Waals surface area contributed by atoms with E-state index in [1.54, 1.807) is 12.5 Å². The molecule has 0 radical (unpaired) electrons. The van der Waals surface area contributed by atoms with Crippen molar-refractivity contribution in [3.8, 4) is 11.1 Å². The number of hydrogen-bond donors (Lipinski definition) is 1. The minimum atomic E-state index is 0.870. The van der Waals surface area contributed by atoms with Crippen LogP contribution in [0.15, 0.2) is 83.9 Å². The van der Waals surface area contributed by atoms with Crippen molar-refractivity contribution in [3.05, 3.63) is 85.1 Å². The van der Waals surface area contributed by atoms with Crippen molar-refractivity contribution in [3.63, 3.8) is 0 Å². The molecule has 0 fully saturated rings. The molecule has 0 aliphatic rings. The van der Waals surface area contributed by atoms with E-state index in [-0.39, 0.29) is 0 Å². The minimum Gasteiger partial charge on any atom is -0.472 e. The Labute approximate surface area is 141 Å². The third-order valence-electron chi connectivity index (χ3n) is 4.15. The molecule has 4 rings (SSSR count). The van der Waals surface area contributed by atoms with Gasteiger partial charge in [-0.1, -0.05) is 42.5 Å². The summed E-state index contributed by atoms with van der Waals surface area (Å²) in [4.78, 5) is 4.30. The average Bonchev–Trinajstić information content (AvgIpc) is 3.17. The lowest BCUT2D eigenvalue weighted by molar-refractivity contribution is 0.568. The monoisotopic (exact) mass is 314 g/mol. The molecule has 0 saturated carbocycles. The molecule has 24 heavy (non-hydrogen) atoms. The van der Waals surface area contributed by atoms with Gasteiger partial charge in [0.1, 0.15) is 0 Å². The van der Waals surface area contributed by atoms with E-state index >= 15 is 0 Å². The predicted molar refractivity (Wildman–Crippen MR) is 98.1 cm³/mol. The highest BCUT2D eigenvalue weighted by Gasteiger charge is 2.02. The van der Waals surface area contributed by atoms with Crippen LogP contribution in [-0.2, 0) is 6.42 Å². The zero-order valence-corrected chi connectivity index (χ0v) is 13.3. The fourth-order valence-corrected chi connectivity index (χ4v) is 2.87. The summed E-state index contributed by atoms with van der Waals surface area (Å²) >= 11 is 0. The van der Waals surface area contributed by atoms with Gasteiger partial charge in [-0.15, -0.1) is 0 Å². The molecule has 0 aliphatic heterocycles. The lowest BCUT2D eigenvalue weighted by Crippen LogP contribution is -2.05. The number of nitrogens with one attached hydrogen (secondary N) is 1. The molecule has 0 spiro atoms. The number of fused-ring (bicyclic) bond motifs is 1. The molecule has 0 saturated heterocycles. The lowest BCUT2D eigenvalue weighted by Gasteiger charge is -2.08. The fraction of sp³-hybridized carbons (Fsp3) is 0.0952. The summed E-state index contributed by atoms with van der Waals surface area (Å²) in [5.74, 6) is 0. The molecular weight excluding hydrogens is 296 g/mol. The van der Waals surface area contributed by atoms with Crippen LogP contribution in [0.25, 0.3) is 21.9 Å². The van der Waals surface area contributed by atoms with Gasteiger partial charge in [0.05, 0.1) is 18.2 Å². The summed E-state index contributed by atoms with van der Waals surface area (Å²) in [6.07, 6.45) is 8.08. The third kappa shape index (κ3) is 3.15. The van der Waals surface area contributed by atoms with Gasteiger partial charge in [-0.2, -0.15) is 0 Å². The summed E-state index contributed by atoms with van der Waals surface area (Å²) in [6.45, 7) is 0.870. The van der Waals surface area contributed by atoms with Gasteiger partial charge in [0.15, 0.2) is 0 Å². The number of aromatic nitrogens is 1. The van der Waals surface area contributed by atoms with Gasteiger partial charge < -0.3 is 9.73 Å². The molecule has 118 valence electrons. The molecule has 0 unspecified atom stereocenters. The van der Waals surface area contributed by atoms with Crippen molar-refractivity contribution in [1.82, 2.24) is 4.98 Å². The van der Waals surface area contributed by atoms with Crippen LogP contribution < -0.4 is 5.32 Å². The van der Waals surface area contributed by atoms with Gasteiger partial charge in [-0.05, 0) is 34.9 Å². The molecule has 3 nitrogen and oxygen atoms in total. The Balaban J connectivity index is 1.42. The van der Waals surface area contributed by atoms with E-state index in [9.17, 15) is 0 Å². The fourth-order valence-electron chi connectivity index (χ4n) is 2.87. The minimum absolute atomic E-state index is 0.870. The van der Waals surface area contributed by atoms with E-state index in [0.29, 0.717) is 0 Å². The normalized spacial score (nSPS) is 10.8. The van der Waals surface area contributed by atoms with E-state index < -0.39 is 0 Å². The molecule has 1 N–H and O–H groups in total. The first-order valence-corrected chi connectivity index (χ1v) is 8.08. The number of rotatable bonds is 5. The zero-order chi connectivity index (χ0) is 16.2. The van der Waals surface area contributed by atoms with E-state index in [4.69, 9.17) is 4.42 Å². The number of anilines is 1. The standard InChI is InChI=1S/C21H18N2O/c1-2-4-18-11-16(5-6-17(18)3-1)7-9-23-21-12-20(13-22-14-21)19-8-10-24-15-19/h1-6,8,10-15,23H,7,9H2. The summed E-state index contributed by atoms with van der Waals surface area (Å²) in [6, 6.07) is 19.1. The van der Waals surface area contributed by atoms with Gasteiger partial charge in [-0.25, -0.2) is 0 Å². The zero-order valence-electron chi connectivity index (χ0n) is 13.3. The second-order valence-electron chi connectivity index (χ2n) is 5.83. The van der Waals surface area contributed by atoms with E-state index in [0.717, 1.165) is 29.8 Å². The molecule has 0 bridgehead atoms. The second kappa shape index (κ2) is 6.59. The Kier molecular flexibility index (Phi) is 3.98. The largest absolute Gasteiger partial charge is 0.472 e. The van der Waals surface area contributed by atoms with E-state index in [1.807, 2.05) is 18.5 Å². The second-order valence-corrected chi connectivity index (χ2v) is 5.83. The summed E-state index contributed by atoms with van der Waals surface area (Å²) < 4.78 is 5.13. The van der Waals surface area contributed by atoms with Crippen LogP contribution in [0, 0.1) is 0 Å². The maximum atomic E-state index is 5.13. The maximum absolute atomic E-state index is 5.13. The third-order valence-corrected chi connectivity index (χ3v) is 4.15. The highest BCUT2D eigenvalue weighted by atomic mass is 16.3. The smallest absolute Gasteiger partial charge is 0.0981 e. The predicted octanol–water partition coefficient (Wildman–Crippen LogP) is 5.15. The molecule has 4 aromatic rings. The molecule has 2 aromatic carbocycles. The van der Waals surface area contributed by atoms with Crippen molar-refractivity contribution in [2.45, 2.75) is 6.42 Å². The molecule has 0 amide bonds. The summed E-state index contributed by atoms with van der Waals surface area (Å²) in [7, 11) is 0. The first-order chi connectivity index (χ1) is 11.9. The maximum Gasteiger partial charge on any atom is 0.0981 e. The van der Waals surface area contributed by atoms with Crippen LogP contribution in [-0.4, -0.2) is 11.5 Å². The molecule has 0 atom stereocenters. The van der Waals surface area contributed by atoms with Crippen molar-refractivity contribution in [2.24, 2.45) is 0 Å². The Morgan fingerprint density at radius 2 is 1.79 bits per heavy atom. The van der Waals surface area contributed by atoms with Crippen LogP contribution in [0.3, 0.4) is 0 Å². The van der Waals surface area contributed by atoms with E-state index in [1.165, 1.54) is 16.3 Å². The van der Waals surface area contributed by atoms with Gasteiger partial charge >= 0.3 is 0 Å². The topological polar surface area (TPSA) is 38.1 Å². The van der Waals surface area contributed by atoms with Crippen molar-refractivity contribution in [2.75, 3.05) is 11.9 Å². The molecule has 0 aliphatic carbocycles. The molecule has 3 heteroatoms. The number of pyridine rings is 1. The Morgan fingerprint density at radius 3 is 2.67 bits per heavy atom. The quantitative estimate of drug-likeness (QED) is 0.553. The van der Waals surface area contributed by atoms with Crippen molar-refractivity contribution >= 4 is 16.5 Å². The van der Waals surface area contributed by atoms with E-state index in [2.05, 4.69) is 58.8 Å². The summed E-state index contributed by atoms with van der Waals surface area (Å²) in [5.41, 5.74) is 4.45. The SMILES string of the molecule is c1ccc2cc(CCNc3cncc(-c4ccoc4)c3)ccc2c1. The number of benzene rings is 2. The van der Waals surface area contributed by atoms with Crippen LogP contribution in [0.4, 0.5) is 5.69 Å². The van der Waals surface area contributed by atoms with Crippen molar-refractivity contribution in [1.29, 1.82) is 0 Å².